The zero-order valence-electron chi connectivity index (χ0n) is 5.60. The Balaban J connectivity index is 2.84. The summed E-state index contributed by atoms with van der Waals surface area (Å²) in [6.45, 7) is 0. The summed E-state index contributed by atoms with van der Waals surface area (Å²) in [5.74, 6) is 0.448. The second kappa shape index (κ2) is 7.66. The van der Waals surface area contributed by atoms with Gasteiger partial charge in [0.2, 0.25) is 0 Å². The third-order valence-corrected chi connectivity index (χ3v) is 2.83. The molecule has 0 rings (SSSR count). The van der Waals surface area contributed by atoms with Crippen LogP contribution in [0.15, 0.2) is 0 Å². The Morgan fingerprint density at radius 3 is 2.60 bits per heavy atom. The molecular weight excluding hydrogens is 333 g/mol. The summed E-state index contributed by atoms with van der Waals surface area (Å²) >= 11 is 2.41. The van der Waals surface area contributed by atoms with Crippen molar-refractivity contribution in [1.29, 1.82) is 0 Å². The van der Waals surface area contributed by atoms with Crippen LogP contribution in [0.1, 0.15) is 25.7 Å². The molecule has 2 nitrogen and oxygen atoms in total. The molecule has 0 saturated carbocycles. The quantitative estimate of drug-likeness (QED) is 0.590. The van der Waals surface area contributed by atoms with E-state index in [1.165, 1.54) is 0 Å². The van der Waals surface area contributed by atoms with Gasteiger partial charge < -0.3 is 0 Å². The molecule has 0 aromatic rings. The zero-order valence-corrected chi connectivity index (χ0v) is 8.58. The van der Waals surface area contributed by atoms with Crippen molar-refractivity contribution in [3.8, 4) is 0 Å². The van der Waals surface area contributed by atoms with E-state index in [1.54, 1.807) is 9.23 Å². The third kappa shape index (κ3) is 8.56. The second-order valence-corrected chi connectivity index (χ2v) is 4.45. The Morgan fingerprint density at radius 2 is 2.10 bits per heavy atom. The van der Waals surface area contributed by atoms with Crippen molar-refractivity contribution >= 4 is 15.2 Å². The van der Waals surface area contributed by atoms with E-state index in [1.807, 2.05) is 0 Å². The molecule has 4 heteroatoms. The monoisotopic (exact) mass is 344 g/mol. The molecule has 0 bridgehead atoms. The van der Waals surface area contributed by atoms with Crippen molar-refractivity contribution in [3.63, 3.8) is 0 Å². The van der Waals surface area contributed by atoms with E-state index in [0.717, 1.165) is 25.0 Å². The van der Waals surface area contributed by atoms with Gasteiger partial charge >= 0.3 is 76.3 Å². The molecule has 10 heavy (non-hydrogen) atoms. The summed E-state index contributed by atoms with van der Waals surface area (Å²) in [6, 6.07) is 0. The molecule has 0 aliphatic heterocycles. The topological polar surface area (TPSA) is 37.3 Å². The number of rotatable bonds is 6. The van der Waals surface area contributed by atoms with Crippen molar-refractivity contribution in [3.05, 3.63) is 0 Å². The Labute approximate surface area is 76.3 Å². The molecule has 0 saturated heterocycles. The fourth-order valence-corrected chi connectivity index (χ4v) is 1.83. The number of hydrogen-bond donors (Lipinski definition) is 1. The van der Waals surface area contributed by atoms with Crippen molar-refractivity contribution in [2.24, 2.45) is 0 Å². The van der Waals surface area contributed by atoms with Gasteiger partial charge in [0.25, 0.3) is 0 Å². The van der Waals surface area contributed by atoms with Crippen LogP contribution in [0.4, 0.5) is 0 Å². The number of unbranched alkanes of at least 4 members (excludes halogenated alkanes) is 2. The molecule has 0 spiro atoms. The van der Waals surface area contributed by atoms with Gasteiger partial charge in [0.05, 0.1) is 0 Å². The fraction of sp³-hybridized carbons (Fsp3) is 0.833. The molecule has 0 radical (unpaired) electrons. The average Bonchev–Trinajstić information content (AvgIpc) is 1.87. The van der Waals surface area contributed by atoms with Gasteiger partial charge in [-0.3, -0.25) is 0 Å². The van der Waals surface area contributed by atoms with E-state index < -0.39 is 5.97 Å². The molecule has 64 valence electrons. The van der Waals surface area contributed by atoms with E-state index in [9.17, 15) is 4.79 Å². The molecule has 0 aromatic heterocycles. The second-order valence-electron chi connectivity index (χ2n) is 2.00. The van der Waals surface area contributed by atoms with Gasteiger partial charge in [-0.25, -0.2) is 0 Å². The number of carboxylic acid groups (broad SMARTS) is 1. The Hall–Kier alpha value is 0.560. The first-order valence-corrected chi connectivity index (χ1v) is 6.67. The van der Waals surface area contributed by atoms with E-state index in [4.69, 9.17) is 5.11 Å². The van der Waals surface area contributed by atoms with E-state index in [0.29, 0.717) is 6.42 Å². The van der Waals surface area contributed by atoms with Gasteiger partial charge in [-0.1, -0.05) is 0 Å². The van der Waals surface area contributed by atoms with Crippen LogP contribution in [0.3, 0.4) is 0 Å². The van der Waals surface area contributed by atoms with Crippen LogP contribution in [-0.2, 0) is 24.5 Å². The SMILES string of the molecule is O=C(O)CCCCC[S][Au]. The van der Waals surface area contributed by atoms with Crippen molar-refractivity contribution < 1.29 is 29.6 Å². The van der Waals surface area contributed by atoms with Crippen molar-refractivity contribution in [2.75, 3.05) is 5.75 Å². The summed E-state index contributed by atoms with van der Waals surface area (Å²) in [6.07, 6.45) is 3.32. The Kier molecular flexibility index (Phi) is 8.09. The molecule has 0 aromatic carbocycles. The number of carboxylic acids is 1. The first-order valence-electron chi connectivity index (χ1n) is 3.19. The molecule has 0 unspecified atom stereocenters. The predicted molar refractivity (Wildman–Crippen MR) is 38.6 cm³/mol. The predicted octanol–water partition coefficient (Wildman–Crippen LogP) is 1.83. The Morgan fingerprint density at radius 1 is 1.40 bits per heavy atom. The molecule has 0 aliphatic carbocycles. The van der Waals surface area contributed by atoms with Gasteiger partial charge in [0, 0.05) is 0 Å². The average molecular weight is 344 g/mol. The van der Waals surface area contributed by atoms with E-state index >= 15 is 0 Å². The summed E-state index contributed by atoms with van der Waals surface area (Å²) < 4.78 is 0. The molecule has 1 N–H and O–H groups in total. The van der Waals surface area contributed by atoms with Crippen LogP contribution in [0.2, 0.25) is 0 Å². The van der Waals surface area contributed by atoms with Crippen LogP contribution in [-0.4, -0.2) is 16.8 Å². The van der Waals surface area contributed by atoms with Crippen LogP contribution in [0.25, 0.3) is 0 Å². The standard InChI is InChI=1S/C6H12O2S.Au/c7-6(8)4-2-1-3-5-9;/h9H,1-5H2,(H,7,8);/q;+1/p-1. The number of carbonyl (C=O) groups is 1. The van der Waals surface area contributed by atoms with Gasteiger partial charge in [0.15, 0.2) is 0 Å². The van der Waals surface area contributed by atoms with E-state index in [-0.39, 0.29) is 0 Å². The maximum absolute atomic E-state index is 10.0. The Bertz CT molecular complexity index is 97.7. The van der Waals surface area contributed by atoms with Crippen LogP contribution in [0, 0.1) is 0 Å². The molecule has 0 atom stereocenters. The van der Waals surface area contributed by atoms with Gasteiger partial charge in [-0.15, -0.1) is 0 Å². The van der Waals surface area contributed by atoms with Crippen LogP contribution < -0.4 is 0 Å². The molecular formula is C6H11AuO2S. The summed E-state index contributed by atoms with van der Waals surface area (Å²) in [5.41, 5.74) is 0. The number of hydrogen-bond acceptors (Lipinski definition) is 2. The van der Waals surface area contributed by atoms with Crippen molar-refractivity contribution in [2.45, 2.75) is 25.7 Å². The first-order chi connectivity index (χ1) is 4.77. The normalized spacial score (nSPS) is 9.80. The zero-order chi connectivity index (χ0) is 7.82. The summed E-state index contributed by atoms with van der Waals surface area (Å²) in [5, 5.41) is 8.26. The minimum absolute atomic E-state index is 0.323. The fourth-order valence-electron chi connectivity index (χ4n) is 0.599. The minimum atomic E-state index is -0.680. The van der Waals surface area contributed by atoms with Gasteiger partial charge in [0.1, 0.15) is 0 Å². The molecule has 0 fully saturated rings. The van der Waals surface area contributed by atoms with Crippen LogP contribution in [0.5, 0.6) is 0 Å². The summed E-state index contributed by atoms with van der Waals surface area (Å²) in [4.78, 5) is 10.0. The van der Waals surface area contributed by atoms with Crippen molar-refractivity contribution in [1.82, 2.24) is 0 Å². The van der Waals surface area contributed by atoms with Crippen LogP contribution >= 0.6 is 9.23 Å². The van der Waals surface area contributed by atoms with Gasteiger partial charge in [-0.2, -0.15) is 0 Å². The first kappa shape index (κ1) is 10.6. The molecule has 0 aliphatic rings. The third-order valence-electron chi connectivity index (χ3n) is 1.10. The van der Waals surface area contributed by atoms with E-state index in [2.05, 4.69) is 19.7 Å². The number of aliphatic carboxylic acids is 1. The maximum atomic E-state index is 10.0. The molecule has 0 heterocycles. The molecule has 0 amide bonds. The summed E-state index contributed by atoms with van der Waals surface area (Å²) in [7, 11) is 1.76. The van der Waals surface area contributed by atoms with Gasteiger partial charge in [-0.05, 0) is 0 Å².